The lowest BCUT2D eigenvalue weighted by molar-refractivity contribution is -0.113. The maximum Gasteiger partial charge on any atom is 0.335 e. The molecule has 0 unspecified atom stereocenters. The smallest absolute Gasteiger partial charge is 0.335 e. The van der Waals surface area contributed by atoms with Gasteiger partial charge in [0.05, 0.1) is 27.4 Å². The van der Waals surface area contributed by atoms with Crippen molar-refractivity contribution < 1.29 is 14.7 Å². The van der Waals surface area contributed by atoms with E-state index in [2.05, 4.69) is 24.2 Å². The van der Waals surface area contributed by atoms with Crippen LogP contribution in [0.25, 0.3) is 6.08 Å². The predicted molar refractivity (Wildman–Crippen MR) is 153 cm³/mol. The molecule has 39 heavy (non-hydrogen) atoms. The molecule has 1 aromatic heterocycles. The van der Waals surface area contributed by atoms with Gasteiger partial charge in [0.2, 0.25) is 0 Å². The minimum Gasteiger partial charge on any atom is -0.478 e. The van der Waals surface area contributed by atoms with Crippen LogP contribution in [0.2, 0.25) is 0 Å². The van der Waals surface area contributed by atoms with Gasteiger partial charge in [-0.3, -0.25) is 14.2 Å². The van der Waals surface area contributed by atoms with E-state index < -0.39 is 12.0 Å². The van der Waals surface area contributed by atoms with Crippen molar-refractivity contribution in [2.75, 3.05) is 5.32 Å². The highest BCUT2D eigenvalue weighted by molar-refractivity contribution is 7.07. The third-order valence-corrected chi connectivity index (χ3v) is 7.66. The Balaban J connectivity index is 1.65. The van der Waals surface area contributed by atoms with Crippen molar-refractivity contribution in [3.63, 3.8) is 0 Å². The number of nitrogens with one attached hydrogen (secondary N) is 1. The molecular weight excluding hydrogens is 510 g/mol. The standard InChI is InChI=1S/C31H27N3O4S/c1-18(2)21-13-15-22(16-14-21)27-26(28(35)33-24-7-5-4-6-8-24)19(3)32-31-34(27)29(36)25(39-31)17-20-9-11-23(12-10-20)30(37)38/h4-18,27H,1-3H3,(H,33,35)(H,37,38)/b25-17-/t27-/m1/s1. The van der Waals surface area contributed by atoms with Crippen LogP contribution < -0.4 is 20.2 Å². The fourth-order valence-electron chi connectivity index (χ4n) is 4.58. The monoisotopic (exact) mass is 537 g/mol. The Bertz CT molecular complexity index is 1760. The quantitative estimate of drug-likeness (QED) is 0.373. The molecule has 1 amide bonds. The van der Waals surface area contributed by atoms with Gasteiger partial charge in [0.25, 0.3) is 11.5 Å². The molecule has 1 aliphatic heterocycles. The summed E-state index contributed by atoms with van der Waals surface area (Å²) in [5.41, 5.74) is 4.16. The summed E-state index contributed by atoms with van der Waals surface area (Å²) in [6.07, 6.45) is 1.72. The number of carbonyl (C=O) groups is 2. The molecule has 0 radical (unpaired) electrons. The molecule has 196 valence electrons. The van der Waals surface area contributed by atoms with Gasteiger partial charge in [0.15, 0.2) is 4.80 Å². The Labute approximate surface area is 229 Å². The van der Waals surface area contributed by atoms with E-state index in [1.54, 1.807) is 29.7 Å². The van der Waals surface area contributed by atoms with Crippen LogP contribution in [0.3, 0.4) is 0 Å². The largest absolute Gasteiger partial charge is 0.478 e. The van der Waals surface area contributed by atoms with Crippen LogP contribution in [0.5, 0.6) is 0 Å². The van der Waals surface area contributed by atoms with Crippen LogP contribution >= 0.6 is 11.3 Å². The van der Waals surface area contributed by atoms with Gasteiger partial charge in [-0.15, -0.1) is 0 Å². The molecule has 1 atom stereocenters. The molecule has 0 spiro atoms. The fourth-order valence-corrected chi connectivity index (χ4v) is 5.63. The Morgan fingerprint density at radius 2 is 1.67 bits per heavy atom. The van der Waals surface area contributed by atoms with Gasteiger partial charge in [-0.2, -0.15) is 0 Å². The van der Waals surface area contributed by atoms with Crippen molar-refractivity contribution in [3.05, 3.63) is 132 Å². The van der Waals surface area contributed by atoms with E-state index in [4.69, 9.17) is 0 Å². The summed E-state index contributed by atoms with van der Waals surface area (Å²) in [5.74, 6) is -0.994. The van der Waals surface area contributed by atoms with Gasteiger partial charge in [0.1, 0.15) is 0 Å². The van der Waals surface area contributed by atoms with E-state index in [1.165, 1.54) is 23.5 Å². The second kappa shape index (κ2) is 10.7. The van der Waals surface area contributed by atoms with Crippen LogP contribution in [-0.4, -0.2) is 21.6 Å². The first-order valence-electron chi connectivity index (χ1n) is 12.5. The van der Waals surface area contributed by atoms with E-state index in [-0.39, 0.29) is 17.0 Å². The number of anilines is 1. The molecule has 4 aromatic rings. The highest BCUT2D eigenvalue weighted by Gasteiger charge is 2.32. The van der Waals surface area contributed by atoms with E-state index in [0.717, 1.165) is 11.1 Å². The zero-order valence-electron chi connectivity index (χ0n) is 21.7. The molecule has 5 rings (SSSR count). The van der Waals surface area contributed by atoms with Crippen LogP contribution in [0.1, 0.15) is 59.8 Å². The lowest BCUT2D eigenvalue weighted by atomic mass is 9.93. The van der Waals surface area contributed by atoms with Gasteiger partial charge in [0, 0.05) is 5.69 Å². The number of amides is 1. The van der Waals surface area contributed by atoms with Gasteiger partial charge in [-0.05, 0) is 59.9 Å². The number of hydrogen-bond donors (Lipinski definition) is 2. The lowest BCUT2D eigenvalue weighted by Crippen LogP contribution is -2.40. The van der Waals surface area contributed by atoms with E-state index in [0.29, 0.717) is 37.8 Å². The number of benzene rings is 3. The van der Waals surface area contributed by atoms with Crippen molar-refractivity contribution >= 4 is 35.0 Å². The molecule has 8 heteroatoms. The van der Waals surface area contributed by atoms with E-state index in [9.17, 15) is 19.5 Å². The Hall–Kier alpha value is -4.56. The Morgan fingerprint density at radius 1 is 1.00 bits per heavy atom. The first-order chi connectivity index (χ1) is 18.7. The molecule has 3 aromatic carbocycles. The summed E-state index contributed by atoms with van der Waals surface area (Å²) in [4.78, 5) is 43.8. The number of aromatic nitrogens is 1. The van der Waals surface area contributed by atoms with Crippen LogP contribution in [0.4, 0.5) is 5.69 Å². The normalized spacial score (nSPS) is 15.2. The minimum absolute atomic E-state index is 0.170. The lowest BCUT2D eigenvalue weighted by Gasteiger charge is -2.25. The average Bonchev–Trinajstić information content (AvgIpc) is 3.22. The van der Waals surface area contributed by atoms with E-state index >= 15 is 0 Å². The molecule has 1 aliphatic rings. The number of para-hydroxylation sites is 1. The zero-order chi connectivity index (χ0) is 27.7. The number of aromatic carboxylic acids is 1. The topological polar surface area (TPSA) is 101 Å². The minimum atomic E-state index is -1.01. The number of hydrogen-bond acceptors (Lipinski definition) is 5. The molecule has 0 saturated heterocycles. The first kappa shape index (κ1) is 26.1. The molecule has 2 heterocycles. The molecule has 7 nitrogen and oxygen atoms in total. The zero-order valence-corrected chi connectivity index (χ0v) is 22.5. The number of rotatable bonds is 6. The molecule has 2 N–H and O–H groups in total. The van der Waals surface area contributed by atoms with Gasteiger partial charge >= 0.3 is 5.97 Å². The Kier molecular flexibility index (Phi) is 7.13. The predicted octanol–water partition coefficient (Wildman–Crippen LogP) is 4.70. The number of nitrogens with zero attached hydrogens (tertiary/aromatic N) is 2. The Morgan fingerprint density at radius 3 is 2.28 bits per heavy atom. The fraction of sp³-hybridized carbons (Fsp3) is 0.161. The second-order valence-corrected chi connectivity index (χ2v) is 10.7. The summed E-state index contributed by atoms with van der Waals surface area (Å²) in [7, 11) is 0. The number of carbonyl (C=O) groups excluding carboxylic acids is 1. The van der Waals surface area contributed by atoms with Crippen LogP contribution in [-0.2, 0) is 4.79 Å². The van der Waals surface area contributed by atoms with Crippen LogP contribution in [0.15, 0.2) is 99.9 Å². The number of carboxylic acids is 1. The number of allylic oxidation sites excluding steroid dienone is 1. The third-order valence-electron chi connectivity index (χ3n) is 6.67. The summed E-state index contributed by atoms with van der Waals surface area (Å²) in [5, 5.41) is 12.1. The summed E-state index contributed by atoms with van der Waals surface area (Å²) in [6, 6.07) is 22.8. The third kappa shape index (κ3) is 5.24. The van der Waals surface area contributed by atoms with E-state index in [1.807, 2.05) is 54.6 Å². The highest BCUT2D eigenvalue weighted by atomic mass is 32.1. The van der Waals surface area contributed by atoms with Gasteiger partial charge in [-0.1, -0.05) is 79.8 Å². The average molecular weight is 538 g/mol. The summed E-state index contributed by atoms with van der Waals surface area (Å²) in [6.45, 7) is 6.02. The van der Waals surface area contributed by atoms with Crippen molar-refractivity contribution in [1.82, 2.24) is 4.57 Å². The van der Waals surface area contributed by atoms with Crippen molar-refractivity contribution in [1.29, 1.82) is 0 Å². The molecule has 0 bridgehead atoms. The van der Waals surface area contributed by atoms with Gasteiger partial charge < -0.3 is 10.4 Å². The SMILES string of the molecule is CC1=C(C(=O)Nc2ccccc2)[C@@H](c2ccc(C(C)C)cc2)n2c(s/c(=C\c3ccc(C(=O)O)cc3)c2=O)=N1. The molecular formula is C31H27N3O4S. The van der Waals surface area contributed by atoms with Crippen LogP contribution in [0, 0.1) is 0 Å². The molecule has 0 aliphatic carbocycles. The highest BCUT2D eigenvalue weighted by Crippen LogP contribution is 2.31. The van der Waals surface area contributed by atoms with Crippen molar-refractivity contribution in [3.8, 4) is 0 Å². The van der Waals surface area contributed by atoms with Gasteiger partial charge in [-0.25, -0.2) is 9.79 Å². The number of thiazole rings is 1. The summed E-state index contributed by atoms with van der Waals surface area (Å²) < 4.78 is 2.03. The number of carboxylic acid groups (broad SMARTS) is 1. The first-order valence-corrected chi connectivity index (χ1v) is 13.4. The maximum atomic E-state index is 13.8. The number of fused-ring (bicyclic) bond motifs is 1. The summed E-state index contributed by atoms with van der Waals surface area (Å²) >= 11 is 1.24. The molecule has 0 saturated carbocycles. The second-order valence-electron chi connectivity index (χ2n) is 9.65. The van der Waals surface area contributed by atoms with Crippen molar-refractivity contribution in [2.45, 2.75) is 32.7 Å². The molecule has 0 fully saturated rings. The maximum absolute atomic E-state index is 13.8. The van der Waals surface area contributed by atoms with Crippen molar-refractivity contribution in [2.24, 2.45) is 4.99 Å².